The van der Waals surface area contributed by atoms with Crippen LogP contribution in [0.1, 0.15) is 64.7 Å². The van der Waals surface area contributed by atoms with E-state index in [1.807, 2.05) is 0 Å². The van der Waals surface area contributed by atoms with Gasteiger partial charge in [0.25, 0.3) is 0 Å². The first-order chi connectivity index (χ1) is 7.38. The lowest BCUT2D eigenvalue weighted by Gasteiger charge is -2.20. The zero-order chi connectivity index (χ0) is 10.5. The highest BCUT2D eigenvalue weighted by Crippen LogP contribution is 2.31. The molecule has 1 heteroatoms. The van der Waals surface area contributed by atoms with E-state index in [0.29, 0.717) is 0 Å². The van der Waals surface area contributed by atoms with Gasteiger partial charge in [0.2, 0.25) is 0 Å². The molecule has 88 valence electrons. The normalized spacial score (nSPS) is 24.6. The number of rotatable bonds is 7. The van der Waals surface area contributed by atoms with Crippen molar-refractivity contribution in [3.63, 3.8) is 0 Å². The third kappa shape index (κ3) is 4.14. The maximum atomic E-state index is 3.72. The molecule has 15 heavy (non-hydrogen) atoms. The Morgan fingerprint density at radius 1 is 1.13 bits per heavy atom. The van der Waals surface area contributed by atoms with Crippen molar-refractivity contribution < 1.29 is 0 Å². The fourth-order valence-electron chi connectivity index (χ4n) is 3.05. The summed E-state index contributed by atoms with van der Waals surface area (Å²) in [6.07, 6.45) is 13.2. The molecule has 0 heterocycles. The summed E-state index contributed by atoms with van der Waals surface area (Å²) in [6.45, 7) is 3.63. The summed E-state index contributed by atoms with van der Waals surface area (Å²) in [7, 11) is 0. The van der Waals surface area contributed by atoms with Gasteiger partial charge < -0.3 is 5.32 Å². The van der Waals surface area contributed by atoms with E-state index in [1.54, 1.807) is 0 Å². The zero-order valence-corrected chi connectivity index (χ0v) is 10.3. The molecule has 0 aliphatic heterocycles. The summed E-state index contributed by atoms with van der Waals surface area (Å²) in [6, 6.07) is 0.896. The van der Waals surface area contributed by atoms with E-state index in [1.165, 1.54) is 64.3 Å². The average Bonchev–Trinajstić information content (AvgIpc) is 2.93. The Balaban J connectivity index is 1.65. The molecule has 0 bridgehead atoms. The summed E-state index contributed by atoms with van der Waals surface area (Å²) < 4.78 is 0. The Morgan fingerprint density at radius 3 is 2.47 bits per heavy atom. The first-order valence-corrected chi connectivity index (χ1v) is 7.12. The van der Waals surface area contributed by atoms with Gasteiger partial charge in [-0.2, -0.15) is 0 Å². The maximum absolute atomic E-state index is 3.72. The molecule has 0 aromatic rings. The molecule has 2 aliphatic rings. The van der Waals surface area contributed by atoms with Crippen molar-refractivity contribution in [2.75, 3.05) is 6.54 Å². The summed E-state index contributed by atoms with van der Waals surface area (Å²) in [5, 5.41) is 3.72. The molecule has 2 fully saturated rings. The Bertz CT molecular complexity index is 168. The standard InChI is InChI=1S/C14H27N/c1-2-5-13(11-15-14-8-9-14)10-12-6-3-4-7-12/h12-15H,2-11H2,1H3. The second kappa shape index (κ2) is 5.89. The van der Waals surface area contributed by atoms with Gasteiger partial charge in [0.1, 0.15) is 0 Å². The van der Waals surface area contributed by atoms with Gasteiger partial charge in [-0.05, 0) is 44.1 Å². The summed E-state index contributed by atoms with van der Waals surface area (Å²) >= 11 is 0. The van der Waals surface area contributed by atoms with E-state index in [9.17, 15) is 0 Å². The van der Waals surface area contributed by atoms with Crippen molar-refractivity contribution in [1.29, 1.82) is 0 Å². The van der Waals surface area contributed by atoms with Crippen molar-refractivity contribution in [2.45, 2.75) is 70.8 Å². The number of hydrogen-bond acceptors (Lipinski definition) is 1. The van der Waals surface area contributed by atoms with Crippen molar-refractivity contribution in [3.05, 3.63) is 0 Å². The smallest absolute Gasteiger partial charge is 0.00683 e. The second-order valence-electron chi connectivity index (χ2n) is 5.72. The molecule has 0 saturated heterocycles. The lowest BCUT2D eigenvalue weighted by Crippen LogP contribution is -2.26. The molecule has 0 spiro atoms. The number of hydrogen-bond donors (Lipinski definition) is 1. The third-order valence-electron chi connectivity index (χ3n) is 4.11. The van der Waals surface area contributed by atoms with Crippen LogP contribution in [0.5, 0.6) is 0 Å². The first-order valence-electron chi connectivity index (χ1n) is 7.12. The van der Waals surface area contributed by atoms with Crippen molar-refractivity contribution in [2.24, 2.45) is 11.8 Å². The fourth-order valence-corrected chi connectivity index (χ4v) is 3.05. The summed E-state index contributed by atoms with van der Waals surface area (Å²) in [4.78, 5) is 0. The lowest BCUT2D eigenvalue weighted by molar-refractivity contribution is 0.339. The molecule has 2 saturated carbocycles. The Hall–Kier alpha value is -0.0400. The average molecular weight is 209 g/mol. The zero-order valence-electron chi connectivity index (χ0n) is 10.3. The quantitative estimate of drug-likeness (QED) is 0.673. The molecule has 0 aromatic carbocycles. The van der Waals surface area contributed by atoms with E-state index in [2.05, 4.69) is 12.2 Å². The molecule has 0 amide bonds. The van der Waals surface area contributed by atoms with Crippen LogP contribution in [0.4, 0.5) is 0 Å². The van der Waals surface area contributed by atoms with Crippen LogP contribution >= 0.6 is 0 Å². The van der Waals surface area contributed by atoms with Crippen LogP contribution in [0.15, 0.2) is 0 Å². The predicted octanol–water partition coefficient (Wildman–Crippen LogP) is 3.74. The van der Waals surface area contributed by atoms with Crippen LogP contribution in [0.2, 0.25) is 0 Å². The van der Waals surface area contributed by atoms with E-state index >= 15 is 0 Å². The van der Waals surface area contributed by atoms with Crippen molar-refractivity contribution in [3.8, 4) is 0 Å². The van der Waals surface area contributed by atoms with Gasteiger partial charge in [-0.25, -0.2) is 0 Å². The lowest BCUT2D eigenvalue weighted by atomic mass is 9.90. The van der Waals surface area contributed by atoms with Crippen LogP contribution in [-0.4, -0.2) is 12.6 Å². The molecule has 0 aromatic heterocycles. The topological polar surface area (TPSA) is 12.0 Å². The van der Waals surface area contributed by atoms with Crippen molar-refractivity contribution in [1.82, 2.24) is 5.32 Å². The van der Waals surface area contributed by atoms with Crippen LogP contribution in [-0.2, 0) is 0 Å². The van der Waals surface area contributed by atoms with Gasteiger partial charge in [-0.3, -0.25) is 0 Å². The molecule has 1 N–H and O–H groups in total. The fraction of sp³-hybridized carbons (Fsp3) is 1.00. The van der Waals surface area contributed by atoms with Crippen molar-refractivity contribution >= 4 is 0 Å². The van der Waals surface area contributed by atoms with Gasteiger partial charge >= 0.3 is 0 Å². The summed E-state index contributed by atoms with van der Waals surface area (Å²) in [5.74, 6) is 2.04. The van der Waals surface area contributed by atoms with E-state index in [-0.39, 0.29) is 0 Å². The minimum atomic E-state index is 0.896. The Morgan fingerprint density at radius 2 is 1.87 bits per heavy atom. The minimum absolute atomic E-state index is 0.896. The predicted molar refractivity (Wildman–Crippen MR) is 66.0 cm³/mol. The third-order valence-corrected chi connectivity index (χ3v) is 4.11. The van der Waals surface area contributed by atoms with Crippen LogP contribution in [0.3, 0.4) is 0 Å². The van der Waals surface area contributed by atoms with E-state index in [4.69, 9.17) is 0 Å². The minimum Gasteiger partial charge on any atom is -0.314 e. The molecular weight excluding hydrogens is 182 g/mol. The highest BCUT2D eigenvalue weighted by molar-refractivity contribution is 4.82. The Labute approximate surface area is 95.0 Å². The van der Waals surface area contributed by atoms with E-state index in [0.717, 1.165) is 17.9 Å². The van der Waals surface area contributed by atoms with E-state index < -0.39 is 0 Å². The summed E-state index contributed by atoms with van der Waals surface area (Å²) in [5.41, 5.74) is 0. The highest BCUT2D eigenvalue weighted by atomic mass is 14.9. The molecular formula is C14H27N. The molecule has 2 aliphatic carbocycles. The maximum Gasteiger partial charge on any atom is 0.00683 e. The molecule has 0 radical (unpaired) electrons. The van der Waals surface area contributed by atoms with Gasteiger partial charge in [-0.15, -0.1) is 0 Å². The van der Waals surface area contributed by atoms with Gasteiger partial charge in [0.15, 0.2) is 0 Å². The van der Waals surface area contributed by atoms with Gasteiger partial charge in [-0.1, -0.05) is 39.0 Å². The second-order valence-corrected chi connectivity index (χ2v) is 5.72. The molecule has 1 atom stereocenters. The molecule has 1 unspecified atom stereocenters. The highest BCUT2D eigenvalue weighted by Gasteiger charge is 2.24. The van der Waals surface area contributed by atoms with Gasteiger partial charge in [0.05, 0.1) is 0 Å². The monoisotopic (exact) mass is 209 g/mol. The van der Waals surface area contributed by atoms with Crippen LogP contribution < -0.4 is 5.32 Å². The first kappa shape index (κ1) is 11.4. The molecule has 2 rings (SSSR count). The van der Waals surface area contributed by atoms with Crippen LogP contribution in [0, 0.1) is 11.8 Å². The molecule has 1 nitrogen and oxygen atoms in total. The van der Waals surface area contributed by atoms with Gasteiger partial charge in [0, 0.05) is 6.04 Å². The number of nitrogens with one attached hydrogen (secondary N) is 1. The Kier molecular flexibility index (Phi) is 4.49. The largest absolute Gasteiger partial charge is 0.314 e. The SMILES string of the molecule is CCCC(CNC1CC1)CC1CCCC1. The van der Waals surface area contributed by atoms with Crippen LogP contribution in [0.25, 0.3) is 0 Å².